The van der Waals surface area contributed by atoms with Gasteiger partial charge in [0.15, 0.2) is 0 Å². The molecule has 0 atom stereocenters. The molecular weight excluding hydrogens is 210 g/mol. The van der Waals surface area contributed by atoms with Crippen LogP contribution in [0.15, 0.2) is 17.2 Å². The highest BCUT2D eigenvalue weighted by Crippen LogP contribution is 2.40. The van der Waals surface area contributed by atoms with Gasteiger partial charge in [-0.2, -0.15) is 26.3 Å². The summed E-state index contributed by atoms with van der Waals surface area (Å²) < 4.78 is 72.4. The van der Waals surface area contributed by atoms with Crippen molar-refractivity contribution in [1.29, 1.82) is 0 Å². The van der Waals surface area contributed by atoms with Gasteiger partial charge in [-0.3, -0.25) is 0 Å². The van der Waals surface area contributed by atoms with Crippen molar-refractivity contribution in [2.45, 2.75) is 18.8 Å². The van der Waals surface area contributed by atoms with Crippen LogP contribution in [0, 0.1) is 12.5 Å². The zero-order valence-corrected chi connectivity index (χ0v) is 6.55. The molecule has 3 radical (unpaired) electrons. The standard InChI is InChI=1S/C8H3F6/c9-7(10,11)5-3-1-2-4-6(5)8(12,13)14/h3H,4H2. The van der Waals surface area contributed by atoms with Crippen LogP contribution < -0.4 is 0 Å². The fourth-order valence-corrected chi connectivity index (χ4v) is 0.951. The van der Waals surface area contributed by atoms with E-state index in [0.29, 0.717) is 0 Å². The smallest absolute Gasteiger partial charge is 0.166 e. The van der Waals surface area contributed by atoms with Crippen molar-refractivity contribution in [2.24, 2.45) is 0 Å². The Morgan fingerprint density at radius 1 is 1.00 bits per heavy atom. The predicted molar refractivity (Wildman–Crippen MR) is 34.8 cm³/mol. The van der Waals surface area contributed by atoms with Gasteiger partial charge in [-0.15, -0.1) is 0 Å². The van der Waals surface area contributed by atoms with Crippen LogP contribution >= 0.6 is 0 Å². The summed E-state index contributed by atoms with van der Waals surface area (Å²) in [4.78, 5) is 0. The molecule has 0 bridgehead atoms. The fourth-order valence-electron chi connectivity index (χ4n) is 0.951. The molecule has 0 saturated carbocycles. The van der Waals surface area contributed by atoms with Gasteiger partial charge in [-0.1, -0.05) is 0 Å². The summed E-state index contributed by atoms with van der Waals surface area (Å²) in [5.74, 6) is 0. The van der Waals surface area contributed by atoms with E-state index in [-0.39, 0.29) is 6.08 Å². The summed E-state index contributed by atoms with van der Waals surface area (Å²) >= 11 is 0. The average Bonchev–Trinajstić information content (AvgIpc) is 2.01. The minimum atomic E-state index is -5.00. The maximum Gasteiger partial charge on any atom is 0.416 e. The summed E-state index contributed by atoms with van der Waals surface area (Å²) in [5, 5.41) is 0. The van der Waals surface area contributed by atoms with Crippen LogP contribution in [0.4, 0.5) is 26.3 Å². The topological polar surface area (TPSA) is 0 Å². The quantitative estimate of drug-likeness (QED) is 0.542. The molecule has 1 aliphatic rings. The van der Waals surface area contributed by atoms with Crippen molar-refractivity contribution in [3.63, 3.8) is 0 Å². The second-order valence-corrected chi connectivity index (χ2v) is 2.53. The molecule has 0 nitrogen and oxygen atoms in total. The first-order chi connectivity index (χ1) is 6.23. The van der Waals surface area contributed by atoms with E-state index < -0.39 is 29.9 Å². The molecule has 77 valence electrons. The zero-order chi connectivity index (χ0) is 11.0. The summed E-state index contributed by atoms with van der Waals surface area (Å²) in [6, 6.07) is 0. The van der Waals surface area contributed by atoms with Crippen LogP contribution in [0.3, 0.4) is 0 Å². The molecule has 0 saturated heterocycles. The van der Waals surface area contributed by atoms with E-state index in [9.17, 15) is 26.3 Å². The second-order valence-electron chi connectivity index (χ2n) is 2.53. The Bertz CT molecular complexity index is 277. The van der Waals surface area contributed by atoms with Crippen molar-refractivity contribution in [3.8, 4) is 0 Å². The SMILES string of the molecule is FC(F)(F)C1=C(C(F)(F)F)C[C][C]=C1. The van der Waals surface area contributed by atoms with Gasteiger partial charge < -0.3 is 0 Å². The first-order valence-electron chi connectivity index (χ1n) is 3.42. The third-order valence-corrected chi connectivity index (χ3v) is 1.56. The van der Waals surface area contributed by atoms with Crippen LogP contribution in [0.25, 0.3) is 0 Å². The molecule has 6 heteroatoms. The number of rotatable bonds is 0. The van der Waals surface area contributed by atoms with Crippen molar-refractivity contribution in [2.75, 3.05) is 0 Å². The van der Waals surface area contributed by atoms with Crippen molar-refractivity contribution in [1.82, 2.24) is 0 Å². The molecule has 0 aromatic rings. The first-order valence-corrected chi connectivity index (χ1v) is 3.42. The molecule has 0 amide bonds. The van der Waals surface area contributed by atoms with Gasteiger partial charge in [0.25, 0.3) is 0 Å². The van der Waals surface area contributed by atoms with Gasteiger partial charge in [0.1, 0.15) is 0 Å². The Kier molecular flexibility index (Phi) is 2.65. The maximum absolute atomic E-state index is 12.1. The lowest BCUT2D eigenvalue weighted by atomic mass is 9.97. The van der Waals surface area contributed by atoms with E-state index in [4.69, 9.17) is 0 Å². The van der Waals surface area contributed by atoms with E-state index >= 15 is 0 Å². The van der Waals surface area contributed by atoms with Gasteiger partial charge in [0.2, 0.25) is 0 Å². The van der Waals surface area contributed by atoms with E-state index in [1.165, 1.54) is 0 Å². The minimum Gasteiger partial charge on any atom is -0.166 e. The number of alkyl halides is 6. The Morgan fingerprint density at radius 3 is 1.93 bits per heavy atom. The molecule has 0 spiro atoms. The highest BCUT2D eigenvalue weighted by molar-refractivity contribution is 5.37. The Labute approximate surface area is 75.9 Å². The van der Waals surface area contributed by atoms with Crippen molar-refractivity contribution >= 4 is 0 Å². The van der Waals surface area contributed by atoms with E-state index in [2.05, 4.69) is 0 Å². The summed E-state index contributed by atoms with van der Waals surface area (Å²) in [5.41, 5.74) is -3.31. The molecule has 1 rings (SSSR count). The minimum absolute atomic E-state index is 0.256. The molecule has 1 aliphatic carbocycles. The van der Waals surface area contributed by atoms with Crippen LogP contribution in [0.2, 0.25) is 0 Å². The van der Waals surface area contributed by atoms with Crippen LogP contribution in [0.5, 0.6) is 0 Å². The van der Waals surface area contributed by atoms with Crippen LogP contribution in [0.1, 0.15) is 6.42 Å². The van der Waals surface area contributed by atoms with Gasteiger partial charge in [0.05, 0.1) is 5.57 Å². The molecule has 0 unspecified atom stereocenters. The summed E-state index contributed by atoms with van der Waals surface area (Å²) in [6.45, 7) is 0. The lowest BCUT2D eigenvalue weighted by Gasteiger charge is -2.19. The van der Waals surface area contributed by atoms with Gasteiger partial charge >= 0.3 is 12.4 Å². The largest absolute Gasteiger partial charge is 0.416 e. The molecule has 0 heterocycles. The first kappa shape index (κ1) is 11.1. The van der Waals surface area contributed by atoms with E-state index in [0.717, 1.165) is 0 Å². The molecular formula is C8H3F6. The number of allylic oxidation sites excluding steroid dienone is 4. The van der Waals surface area contributed by atoms with Gasteiger partial charge in [-0.05, 0) is 18.6 Å². The van der Waals surface area contributed by atoms with E-state index in [1.54, 1.807) is 0 Å². The molecule has 0 fully saturated rings. The van der Waals surface area contributed by atoms with E-state index in [1.807, 2.05) is 12.5 Å². The third-order valence-electron chi connectivity index (χ3n) is 1.56. The Hall–Kier alpha value is -0.940. The van der Waals surface area contributed by atoms with Crippen LogP contribution in [-0.2, 0) is 0 Å². The molecule has 0 N–H and O–H groups in total. The lowest BCUT2D eigenvalue weighted by molar-refractivity contribution is -0.114. The second kappa shape index (κ2) is 3.33. The van der Waals surface area contributed by atoms with Crippen molar-refractivity contribution < 1.29 is 26.3 Å². The Morgan fingerprint density at radius 2 is 1.57 bits per heavy atom. The highest BCUT2D eigenvalue weighted by Gasteiger charge is 2.44. The number of hydrogen-bond acceptors (Lipinski definition) is 0. The number of halogens is 6. The maximum atomic E-state index is 12.1. The lowest BCUT2D eigenvalue weighted by Crippen LogP contribution is -2.23. The highest BCUT2D eigenvalue weighted by atomic mass is 19.4. The molecule has 0 aliphatic heterocycles. The van der Waals surface area contributed by atoms with Gasteiger partial charge in [-0.25, -0.2) is 0 Å². The average molecular weight is 213 g/mol. The zero-order valence-electron chi connectivity index (χ0n) is 6.55. The normalized spacial score (nSPS) is 19.0. The predicted octanol–water partition coefficient (Wildman–Crippen LogP) is 3.25. The van der Waals surface area contributed by atoms with Crippen molar-refractivity contribution in [3.05, 3.63) is 29.7 Å². The fraction of sp³-hybridized carbons (Fsp3) is 0.375. The van der Waals surface area contributed by atoms with Gasteiger partial charge in [0, 0.05) is 12.0 Å². The Balaban J connectivity index is 3.18. The summed E-state index contributed by atoms with van der Waals surface area (Å²) in [6.07, 6.45) is -6.78. The number of hydrogen-bond donors (Lipinski definition) is 0. The molecule has 0 aromatic heterocycles. The summed E-state index contributed by atoms with van der Waals surface area (Å²) in [7, 11) is 0. The molecule has 14 heavy (non-hydrogen) atoms. The monoisotopic (exact) mass is 213 g/mol. The molecule has 0 aromatic carbocycles. The van der Waals surface area contributed by atoms with Crippen LogP contribution in [-0.4, -0.2) is 12.4 Å². The third kappa shape index (κ3) is 2.30.